The van der Waals surface area contributed by atoms with Crippen LogP contribution in [0.15, 0.2) is 36.4 Å². The van der Waals surface area contributed by atoms with Gasteiger partial charge in [-0.15, -0.1) is 0 Å². The summed E-state index contributed by atoms with van der Waals surface area (Å²) in [6, 6.07) is 7.32. The fourth-order valence-corrected chi connectivity index (χ4v) is 1.67. The Morgan fingerprint density at radius 1 is 0.952 bits per heavy atom. The first kappa shape index (κ1) is 15.1. The molecule has 2 nitrogen and oxygen atoms in total. The van der Waals surface area contributed by atoms with Gasteiger partial charge < -0.3 is 10.1 Å². The minimum atomic E-state index is -2.91. The van der Waals surface area contributed by atoms with E-state index in [1.165, 1.54) is 24.3 Å². The van der Waals surface area contributed by atoms with Crippen molar-refractivity contribution >= 4 is 5.69 Å². The first-order valence-electron chi connectivity index (χ1n) is 5.88. The number of hydrogen-bond acceptors (Lipinski definition) is 2. The Kier molecular flexibility index (Phi) is 4.62. The molecule has 0 radical (unpaired) electrons. The fraction of sp³-hybridized carbons (Fsp3) is 0.143. The van der Waals surface area contributed by atoms with Crippen LogP contribution in [0.4, 0.5) is 27.6 Å². The van der Waals surface area contributed by atoms with E-state index in [2.05, 4.69) is 10.1 Å². The molecule has 0 atom stereocenters. The molecule has 0 unspecified atom stereocenters. The van der Waals surface area contributed by atoms with Gasteiger partial charge in [-0.3, -0.25) is 0 Å². The minimum absolute atomic E-state index is 0.00517. The summed E-state index contributed by atoms with van der Waals surface area (Å²) in [5.74, 6) is -4.07. The second-order valence-electron chi connectivity index (χ2n) is 4.13. The predicted octanol–water partition coefficient (Wildman–Crippen LogP) is 4.32. The summed E-state index contributed by atoms with van der Waals surface area (Å²) >= 11 is 0. The van der Waals surface area contributed by atoms with Crippen molar-refractivity contribution in [2.75, 3.05) is 5.32 Å². The van der Waals surface area contributed by atoms with Gasteiger partial charge in [0, 0.05) is 12.2 Å². The molecule has 0 saturated carbocycles. The second-order valence-corrected chi connectivity index (χ2v) is 4.13. The molecule has 21 heavy (non-hydrogen) atoms. The monoisotopic (exact) mass is 303 g/mol. The number of alkyl halides is 2. The van der Waals surface area contributed by atoms with E-state index in [0.29, 0.717) is 5.69 Å². The van der Waals surface area contributed by atoms with Gasteiger partial charge >= 0.3 is 6.61 Å². The van der Waals surface area contributed by atoms with Gasteiger partial charge in [-0.2, -0.15) is 8.78 Å². The topological polar surface area (TPSA) is 21.3 Å². The van der Waals surface area contributed by atoms with Crippen LogP contribution in [0.1, 0.15) is 5.56 Å². The fourth-order valence-electron chi connectivity index (χ4n) is 1.67. The van der Waals surface area contributed by atoms with Crippen molar-refractivity contribution in [2.24, 2.45) is 0 Å². The van der Waals surface area contributed by atoms with Crippen molar-refractivity contribution in [3.8, 4) is 5.75 Å². The minimum Gasteiger partial charge on any atom is -0.435 e. The molecule has 0 heterocycles. The standard InChI is InChI=1S/C14H10F5NO/c15-11-5-8(6-12(16)13(11)17)7-20-9-1-3-10(4-2-9)21-14(18)19/h1-6,14,20H,7H2. The lowest BCUT2D eigenvalue weighted by Gasteiger charge is -2.09. The van der Waals surface area contributed by atoms with E-state index in [4.69, 9.17) is 0 Å². The zero-order valence-electron chi connectivity index (χ0n) is 10.5. The Balaban J connectivity index is 2.00. The first-order valence-corrected chi connectivity index (χ1v) is 5.88. The van der Waals surface area contributed by atoms with Crippen molar-refractivity contribution in [3.05, 3.63) is 59.4 Å². The number of ether oxygens (including phenoxy) is 1. The van der Waals surface area contributed by atoms with Gasteiger partial charge in [0.1, 0.15) is 5.75 Å². The van der Waals surface area contributed by atoms with Gasteiger partial charge in [-0.25, -0.2) is 13.2 Å². The van der Waals surface area contributed by atoms with Crippen LogP contribution in [0.25, 0.3) is 0 Å². The highest BCUT2D eigenvalue weighted by Gasteiger charge is 2.10. The second kappa shape index (κ2) is 6.43. The molecule has 0 spiro atoms. The third-order valence-electron chi connectivity index (χ3n) is 2.62. The Bertz CT molecular complexity index is 592. The largest absolute Gasteiger partial charge is 0.435 e. The molecule has 2 rings (SSSR count). The predicted molar refractivity (Wildman–Crippen MR) is 66.7 cm³/mol. The number of anilines is 1. The molecule has 2 aromatic carbocycles. The van der Waals surface area contributed by atoms with Gasteiger partial charge in [-0.1, -0.05) is 0 Å². The Hall–Kier alpha value is -2.31. The Morgan fingerprint density at radius 2 is 1.52 bits per heavy atom. The van der Waals surface area contributed by atoms with E-state index < -0.39 is 24.1 Å². The van der Waals surface area contributed by atoms with E-state index in [1.54, 1.807) is 0 Å². The molecule has 0 aliphatic carbocycles. The van der Waals surface area contributed by atoms with Gasteiger partial charge in [0.2, 0.25) is 0 Å². The molecule has 0 saturated heterocycles. The summed E-state index contributed by atoms with van der Waals surface area (Å²) in [6.07, 6.45) is 0. The number of nitrogens with one attached hydrogen (secondary N) is 1. The summed E-state index contributed by atoms with van der Waals surface area (Å²) in [5, 5.41) is 2.82. The van der Waals surface area contributed by atoms with E-state index >= 15 is 0 Å². The molecule has 1 N–H and O–H groups in total. The molecule has 0 amide bonds. The Labute approximate surface area is 117 Å². The number of hydrogen-bond donors (Lipinski definition) is 1. The van der Waals surface area contributed by atoms with Crippen molar-refractivity contribution in [1.29, 1.82) is 0 Å². The Morgan fingerprint density at radius 3 is 2.05 bits per heavy atom. The van der Waals surface area contributed by atoms with Gasteiger partial charge in [-0.05, 0) is 42.0 Å². The van der Waals surface area contributed by atoms with Crippen molar-refractivity contribution in [2.45, 2.75) is 13.2 Å². The molecular weight excluding hydrogens is 293 g/mol. The molecule has 0 fully saturated rings. The van der Waals surface area contributed by atoms with Gasteiger partial charge in [0.25, 0.3) is 0 Å². The molecule has 2 aromatic rings. The average Bonchev–Trinajstić information content (AvgIpc) is 2.43. The van der Waals surface area contributed by atoms with Crippen LogP contribution in [0.2, 0.25) is 0 Å². The highest BCUT2D eigenvalue weighted by atomic mass is 19.3. The SMILES string of the molecule is Fc1cc(CNc2ccc(OC(F)F)cc2)cc(F)c1F. The van der Waals surface area contributed by atoms with Crippen LogP contribution >= 0.6 is 0 Å². The van der Waals surface area contributed by atoms with Crippen LogP contribution in [-0.4, -0.2) is 6.61 Å². The molecule has 112 valence electrons. The summed E-state index contributed by atoms with van der Waals surface area (Å²) < 4.78 is 66.9. The molecule has 0 aliphatic heterocycles. The maximum Gasteiger partial charge on any atom is 0.387 e. The maximum atomic E-state index is 13.0. The van der Waals surface area contributed by atoms with Crippen molar-refractivity contribution in [3.63, 3.8) is 0 Å². The number of rotatable bonds is 5. The summed E-state index contributed by atoms with van der Waals surface area (Å²) in [6.45, 7) is -2.86. The summed E-state index contributed by atoms with van der Waals surface area (Å²) in [7, 11) is 0. The molecular formula is C14H10F5NO. The molecule has 0 aromatic heterocycles. The zero-order valence-corrected chi connectivity index (χ0v) is 10.5. The molecule has 0 aliphatic rings. The van der Waals surface area contributed by atoms with E-state index in [9.17, 15) is 22.0 Å². The normalized spacial score (nSPS) is 10.8. The van der Waals surface area contributed by atoms with Crippen LogP contribution in [-0.2, 0) is 6.54 Å². The highest BCUT2D eigenvalue weighted by Crippen LogP contribution is 2.19. The highest BCUT2D eigenvalue weighted by molar-refractivity contribution is 5.46. The van der Waals surface area contributed by atoms with Crippen LogP contribution in [0.3, 0.4) is 0 Å². The molecule has 7 heteroatoms. The quantitative estimate of drug-likeness (QED) is 0.656. The summed E-state index contributed by atoms with van der Waals surface area (Å²) in [4.78, 5) is 0. The van der Waals surface area contributed by atoms with Crippen LogP contribution in [0, 0.1) is 17.5 Å². The maximum absolute atomic E-state index is 13.0. The lowest BCUT2D eigenvalue weighted by atomic mass is 10.2. The summed E-state index contributed by atoms with van der Waals surface area (Å²) in [5.41, 5.74) is 0.737. The van der Waals surface area contributed by atoms with Crippen LogP contribution < -0.4 is 10.1 Å². The smallest absolute Gasteiger partial charge is 0.387 e. The lowest BCUT2D eigenvalue weighted by Crippen LogP contribution is -2.03. The van der Waals surface area contributed by atoms with E-state index in [-0.39, 0.29) is 17.9 Å². The van der Waals surface area contributed by atoms with E-state index in [1.807, 2.05) is 0 Å². The van der Waals surface area contributed by atoms with Crippen LogP contribution in [0.5, 0.6) is 5.75 Å². The third-order valence-corrected chi connectivity index (χ3v) is 2.62. The van der Waals surface area contributed by atoms with Gasteiger partial charge in [0.05, 0.1) is 0 Å². The number of halogens is 5. The first-order chi connectivity index (χ1) is 9.95. The van der Waals surface area contributed by atoms with Gasteiger partial charge in [0.15, 0.2) is 17.5 Å². The lowest BCUT2D eigenvalue weighted by molar-refractivity contribution is -0.0498. The average molecular weight is 303 g/mol. The van der Waals surface area contributed by atoms with Crippen molar-refractivity contribution < 1.29 is 26.7 Å². The number of benzene rings is 2. The van der Waals surface area contributed by atoms with Crippen molar-refractivity contribution in [1.82, 2.24) is 0 Å². The third kappa shape index (κ3) is 4.08. The molecule has 0 bridgehead atoms. The zero-order chi connectivity index (χ0) is 15.4. The van der Waals surface area contributed by atoms with E-state index in [0.717, 1.165) is 12.1 Å².